The Kier molecular flexibility index (Phi) is 7.17. The number of para-hydroxylation sites is 1. The number of aliphatic carboxylic acids is 1. The van der Waals surface area contributed by atoms with Crippen molar-refractivity contribution in [2.45, 2.75) is 31.7 Å². The SMILES string of the molecule is COc1ccccc1[C@H]1O[C@@H](c2cccnc2)OC[C@H]1C/C=C/CCC(=O)O. The fourth-order valence-corrected chi connectivity index (χ4v) is 3.29. The highest BCUT2D eigenvalue weighted by atomic mass is 16.7. The van der Waals surface area contributed by atoms with E-state index >= 15 is 0 Å². The van der Waals surface area contributed by atoms with E-state index in [1.165, 1.54) is 0 Å². The Labute approximate surface area is 164 Å². The number of hydrogen-bond donors (Lipinski definition) is 1. The van der Waals surface area contributed by atoms with Gasteiger partial charge in [-0.1, -0.05) is 36.4 Å². The fourth-order valence-electron chi connectivity index (χ4n) is 3.29. The van der Waals surface area contributed by atoms with Gasteiger partial charge in [0.1, 0.15) is 5.75 Å². The maximum absolute atomic E-state index is 10.6. The standard InChI is InChI=1S/C22H25NO5/c1-26-19-11-6-5-10-18(19)21-17(8-3-2-4-12-20(24)25)15-27-22(28-21)16-9-7-13-23-14-16/h2-3,5-7,9-11,13-14,17,21-22H,4,8,12,15H2,1H3,(H,24,25)/b3-2+/t17-,21+,22+/m1/s1. The van der Waals surface area contributed by atoms with Crippen LogP contribution < -0.4 is 4.74 Å². The minimum atomic E-state index is -0.791. The number of benzene rings is 1. The number of aromatic nitrogens is 1. The molecule has 1 aliphatic heterocycles. The zero-order chi connectivity index (χ0) is 19.8. The molecule has 2 heterocycles. The van der Waals surface area contributed by atoms with Crippen LogP contribution in [0, 0.1) is 5.92 Å². The van der Waals surface area contributed by atoms with Crippen LogP contribution in [0.2, 0.25) is 0 Å². The van der Waals surface area contributed by atoms with Gasteiger partial charge in [0, 0.05) is 35.9 Å². The van der Waals surface area contributed by atoms with Crippen LogP contribution in [-0.4, -0.2) is 29.8 Å². The molecule has 6 heteroatoms. The molecule has 148 valence electrons. The third-order valence-electron chi connectivity index (χ3n) is 4.69. The maximum Gasteiger partial charge on any atom is 0.303 e. The molecule has 1 aromatic carbocycles. The van der Waals surface area contributed by atoms with E-state index in [9.17, 15) is 4.79 Å². The summed E-state index contributed by atoms with van der Waals surface area (Å²) in [4.78, 5) is 14.8. The second-order valence-electron chi connectivity index (χ2n) is 6.65. The molecule has 3 rings (SSSR count). The first-order valence-corrected chi connectivity index (χ1v) is 9.35. The van der Waals surface area contributed by atoms with Gasteiger partial charge in [-0.25, -0.2) is 0 Å². The van der Waals surface area contributed by atoms with E-state index in [4.69, 9.17) is 19.3 Å². The first kappa shape index (κ1) is 20.0. The molecule has 0 bridgehead atoms. The lowest BCUT2D eigenvalue weighted by Crippen LogP contribution is -2.30. The number of rotatable bonds is 8. The van der Waals surface area contributed by atoms with Gasteiger partial charge >= 0.3 is 5.97 Å². The van der Waals surface area contributed by atoms with Crippen molar-refractivity contribution in [3.8, 4) is 5.75 Å². The number of allylic oxidation sites excluding steroid dienone is 2. The molecule has 0 aliphatic carbocycles. The van der Waals surface area contributed by atoms with E-state index in [0.717, 1.165) is 23.3 Å². The minimum Gasteiger partial charge on any atom is -0.496 e. The Hall–Kier alpha value is -2.70. The van der Waals surface area contributed by atoms with Crippen LogP contribution in [0.25, 0.3) is 0 Å². The summed E-state index contributed by atoms with van der Waals surface area (Å²) in [6, 6.07) is 11.6. The highest BCUT2D eigenvalue weighted by Crippen LogP contribution is 2.42. The van der Waals surface area contributed by atoms with Crippen LogP contribution in [0.3, 0.4) is 0 Å². The molecule has 0 unspecified atom stereocenters. The quantitative estimate of drug-likeness (QED) is 0.685. The first-order valence-electron chi connectivity index (χ1n) is 9.35. The van der Waals surface area contributed by atoms with E-state index in [-0.39, 0.29) is 18.4 Å². The normalized spacial score (nSPS) is 22.2. The van der Waals surface area contributed by atoms with Crippen LogP contribution >= 0.6 is 0 Å². The van der Waals surface area contributed by atoms with Gasteiger partial charge in [0.2, 0.25) is 0 Å². The largest absolute Gasteiger partial charge is 0.496 e. The Morgan fingerprint density at radius 3 is 2.89 bits per heavy atom. The van der Waals surface area contributed by atoms with Gasteiger partial charge in [-0.15, -0.1) is 0 Å². The van der Waals surface area contributed by atoms with E-state index in [1.807, 2.05) is 48.6 Å². The van der Waals surface area contributed by atoms with Gasteiger partial charge in [-0.05, 0) is 25.0 Å². The summed E-state index contributed by atoms with van der Waals surface area (Å²) in [5.74, 6) is 0.0738. The number of carboxylic acid groups (broad SMARTS) is 1. The summed E-state index contributed by atoms with van der Waals surface area (Å²) in [7, 11) is 1.65. The molecule has 6 nitrogen and oxygen atoms in total. The van der Waals surface area contributed by atoms with Crippen molar-refractivity contribution in [3.05, 3.63) is 72.1 Å². The molecule has 0 spiro atoms. The van der Waals surface area contributed by atoms with E-state index in [0.29, 0.717) is 13.0 Å². The van der Waals surface area contributed by atoms with Crippen molar-refractivity contribution >= 4 is 5.97 Å². The van der Waals surface area contributed by atoms with Gasteiger partial charge in [-0.3, -0.25) is 9.78 Å². The summed E-state index contributed by atoms with van der Waals surface area (Å²) < 4.78 is 17.8. The average Bonchev–Trinajstić information content (AvgIpc) is 2.74. The van der Waals surface area contributed by atoms with Gasteiger partial charge in [0.15, 0.2) is 6.29 Å². The van der Waals surface area contributed by atoms with Crippen molar-refractivity contribution in [3.63, 3.8) is 0 Å². The number of ether oxygens (including phenoxy) is 3. The van der Waals surface area contributed by atoms with Gasteiger partial charge in [0.05, 0.1) is 19.8 Å². The summed E-state index contributed by atoms with van der Waals surface area (Å²) in [6.45, 7) is 0.519. The summed E-state index contributed by atoms with van der Waals surface area (Å²) in [5.41, 5.74) is 1.85. The van der Waals surface area contributed by atoms with Crippen molar-refractivity contribution in [1.82, 2.24) is 4.98 Å². The smallest absolute Gasteiger partial charge is 0.303 e. The molecule has 1 saturated heterocycles. The molecule has 28 heavy (non-hydrogen) atoms. The molecule has 3 atom stereocenters. The number of carboxylic acids is 1. The Bertz CT molecular complexity index is 793. The molecular weight excluding hydrogens is 358 g/mol. The topological polar surface area (TPSA) is 77.9 Å². The highest BCUT2D eigenvalue weighted by molar-refractivity contribution is 5.66. The van der Waals surface area contributed by atoms with Crippen molar-refractivity contribution < 1.29 is 24.1 Å². The average molecular weight is 383 g/mol. The van der Waals surface area contributed by atoms with Crippen LogP contribution in [0.4, 0.5) is 0 Å². The molecule has 1 fully saturated rings. The number of methoxy groups -OCH3 is 1. The molecule has 1 aliphatic rings. The van der Waals surface area contributed by atoms with Crippen molar-refractivity contribution in [2.75, 3.05) is 13.7 Å². The predicted octanol–water partition coefficient (Wildman–Crippen LogP) is 4.30. The third-order valence-corrected chi connectivity index (χ3v) is 4.69. The van der Waals surface area contributed by atoms with Crippen LogP contribution in [0.15, 0.2) is 60.9 Å². The molecule has 1 aromatic heterocycles. The maximum atomic E-state index is 10.6. The minimum absolute atomic E-state index is 0.0882. The summed E-state index contributed by atoms with van der Waals surface area (Å²) in [5, 5.41) is 8.75. The van der Waals surface area contributed by atoms with Crippen LogP contribution in [0.5, 0.6) is 5.75 Å². The van der Waals surface area contributed by atoms with Crippen molar-refractivity contribution in [1.29, 1.82) is 0 Å². The molecule has 0 radical (unpaired) electrons. The second kappa shape index (κ2) is 10.0. The first-order chi connectivity index (χ1) is 13.7. The monoisotopic (exact) mass is 383 g/mol. The Balaban J connectivity index is 1.77. The molecule has 2 aromatic rings. The molecule has 0 amide bonds. The predicted molar refractivity (Wildman–Crippen MR) is 104 cm³/mol. The zero-order valence-electron chi connectivity index (χ0n) is 15.9. The number of nitrogens with zero attached hydrogens (tertiary/aromatic N) is 1. The lowest BCUT2D eigenvalue weighted by atomic mass is 9.91. The lowest BCUT2D eigenvalue weighted by molar-refractivity contribution is -0.244. The van der Waals surface area contributed by atoms with Crippen LogP contribution in [0.1, 0.15) is 42.8 Å². The number of hydrogen-bond acceptors (Lipinski definition) is 5. The Morgan fingerprint density at radius 1 is 1.29 bits per heavy atom. The Morgan fingerprint density at radius 2 is 2.14 bits per heavy atom. The highest BCUT2D eigenvalue weighted by Gasteiger charge is 2.34. The van der Waals surface area contributed by atoms with E-state index < -0.39 is 12.3 Å². The lowest BCUT2D eigenvalue weighted by Gasteiger charge is -2.37. The zero-order valence-corrected chi connectivity index (χ0v) is 15.9. The van der Waals surface area contributed by atoms with Gasteiger partial charge in [-0.2, -0.15) is 0 Å². The summed E-state index contributed by atoms with van der Waals surface area (Å²) >= 11 is 0. The van der Waals surface area contributed by atoms with E-state index in [2.05, 4.69) is 4.98 Å². The molecule has 1 N–H and O–H groups in total. The fraction of sp³-hybridized carbons (Fsp3) is 0.364. The van der Waals surface area contributed by atoms with E-state index in [1.54, 1.807) is 19.5 Å². The van der Waals surface area contributed by atoms with Crippen LogP contribution in [-0.2, 0) is 14.3 Å². The summed E-state index contributed by atoms with van der Waals surface area (Å²) in [6.07, 6.45) is 8.05. The number of carbonyl (C=O) groups is 1. The number of pyridine rings is 1. The van der Waals surface area contributed by atoms with Gasteiger partial charge < -0.3 is 19.3 Å². The second-order valence-corrected chi connectivity index (χ2v) is 6.65. The molecule has 0 saturated carbocycles. The van der Waals surface area contributed by atoms with Gasteiger partial charge in [0.25, 0.3) is 0 Å². The molecular formula is C22H25NO5. The van der Waals surface area contributed by atoms with Crippen molar-refractivity contribution in [2.24, 2.45) is 5.92 Å². The third kappa shape index (κ3) is 5.18.